The first-order chi connectivity index (χ1) is 16.8. The van der Waals surface area contributed by atoms with Gasteiger partial charge in [0.2, 0.25) is 0 Å². The second-order valence-corrected chi connectivity index (χ2v) is 11.6. The third kappa shape index (κ3) is 4.66. The summed E-state index contributed by atoms with van der Waals surface area (Å²) in [5, 5.41) is 3.50. The van der Waals surface area contributed by atoms with Crippen molar-refractivity contribution >= 4 is 23.3 Å². The van der Waals surface area contributed by atoms with E-state index in [4.69, 9.17) is 5.73 Å². The van der Waals surface area contributed by atoms with Gasteiger partial charge in [-0.25, -0.2) is 0 Å². The van der Waals surface area contributed by atoms with Crippen LogP contribution in [0.25, 0.3) is 5.69 Å². The summed E-state index contributed by atoms with van der Waals surface area (Å²) in [5.41, 5.74) is 15.3. The summed E-state index contributed by atoms with van der Waals surface area (Å²) in [6.45, 7) is 13.3. The highest BCUT2D eigenvalue weighted by Gasteiger charge is 2.37. The van der Waals surface area contributed by atoms with Crippen LogP contribution in [0, 0.1) is 18.3 Å². The Morgan fingerprint density at radius 2 is 1.89 bits per heavy atom. The first-order valence-corrected chi connectivity index (χ1v) is 12.9. The fourth-order valence-corrected chi connectivity index (χ4v) is 5.73. The van der Waals surface area contributed by atoms with Gasteiger partial charge in [-0.15, -0.1) is 0 Å². The molecule has 0 saturated carbocycles. The molecule has 1 aromatic carbocycles. The number of carbonyl (C=O) groups is 3. The molecule has 4 rings (SSSR count). The molecule has 194 valence electrons. The largest absolute Gasteiger partial charge is 0.382 e. The Morgan fingerprint density at radius 1 is 1.19 bits per heavy atom. The quantitative estimate of drug-likeness (QED) is 0.593. The van der Waals surface area contributed by atoms with Crippen LogP contribution in [0.4, 0.5) is 5.69 Å². The van der Waals surface area contributed by atoms with Crippen molar-refractivity contribution in [1.82, 2.24) is 9.47 Å². The number of hydrogen-bond donors (Lipinski definition) is 3. The Morgan fingerprint density at radius 3 is 2.53 bits per heavy atom. The lowest BCUT2D eigenvalue weighted by Crippen LogP contribution is -2.66. The molecule has 2 heterocycles. The Bertz CT molecular complexity index is 1230. The van der Waals surface area contributed by atoms with Gasteiger partial charge in [-0.1, -0.05) is 20.8 Å². The average molecular weight is 495 g/mol. The van der Waals surface area contributed by atoms with Gasteiger partial charge < -0.3 is 26.3 Å². The molecule has 2 bridgehead atoms. The second-order valence-electron chi connectivity index (χ2n) is 11.6. The molecule has 0 unspecified atom stereocenters. The molecule has 6 N–H and O–H groups in total. The van der Waals surface area contributed by atoms with Crippen molar-refractivity contribution in [3.8, 4) is 5.69 Å². The van der Waals surface area contributed by atoms with Crippen LogP contribution in [0.1, 0.15) is 78.7 Å². The van der Waals surface area contributed by atoms with Crippen LogP contribution >= 0.6 is 0 Å². The average Bonchev–Trinajstić information content (AvgIpc) is 3.05. The summed E-state index contributed by atoms with van der Waals surface area (Å²) in [7, 11) is 0. The second kappa shape index (κ2) is 9.39. The molecular weight excluding hydrogens is 454 g/mol. The lowest BCUT2D eigenvalue weighted by molar-refractivity contribution is -0.400. The molecule has 0 fully saturated rings. The number of rotatable bonds is 2. The Balaban J connectivity index is 1.96. The maximum atomic E-state index is 13.3. The molecule has 2 aromatic rings. The highest BCUT2D eigenvalue weighted by atomic mass is 16.2. The molecule has 2 aliphatic rings. The number of primary amides is 1. The van der Waals surface area contributed by atoms with Gasteiger partial charge in [0.1, 0.15) is 0 Å². The molecule has 8 nitrogen and oxygen atoms in total. The third-order valence-corrected chi connectivity index (χ3v) is 7.82. The van der Waals surface area contributed by atoms with Crippen molar-refractivity contribution in [2.75, 3.05) is 18.4 Å². The number of benzene rings is 1. The predicted octanol–water partition coefficient (Wildman–Crippen LogP) is 2.49. The van der Waals surface area contributed by atoms with Crippen molar-refractivity contribution in [2.24, 2.45) is 17.1 Å². The Kier molecular flexibility index (Phi) is 6.77. The van der Waals surface area contributed by atoms with Gasteiger partial charge in [-0.2, -0.15) is 0 Å². The van der Waals surface area contributed by atoms with E-state index in [-0.39, 0.29) is 35.1 Å². The first kappa shape index (κ1) is 25.9. The summed E-state index contributed by atoms with van der Waals surface area (Å²) in [4.78, 5) is 40.6. The van der Waals surface area contributed by atoms with Crippen LogP contribution in [0.15, 0.2) is 18.2 Å². The van der Waals surface area contributed by atoms with E-state index in [9.17, 15) is 14.4 Å². The van der Waals surface area contributed by atoms with E-state index >= 15 is 0 Å². The fraction of sp³-hybridized carbons (Fsp3) is 0.536. The van der Waals surface area contributed by atoms with E-state index in [1.165, 1.54) is 0 Å². The summed E-state index contributed by atoms with van der Waals surface area (Å²) >= 11 is 0. The minimum atomic E-state index is -0.499. The maximum Gasteiger partial charge on any atom is 0.280 e. The number of amides is 2. The summed E-state index contributed by atoms with van der Waals surface area (Å²) in [6.07, 6.45) is 1.89. The van der Waals surface area contributed by atoms with Gasteiger partial charge in [-0.3, -0.25) is 14.4 Å². The van der Waals surface area contributed by atoms with Crippen LogP contribution < -0.4 is 16.8 Å². The van der Waals surface area contributed by atoms with Crippen LogP contribution in [0.2, 0.25) is 0 Å². The van der Waals surface area contributed by atoms with Crippen molar-refractivity contribution in [2.45, 2.75) is 72.9 Å². The summed E-state index contributed by atoms with van der Waals surface area (Å²) < 4.78 is 2.19. The smallest absolute Gasteiger partial charge is 0.280 e. The maximum absolute atomic E-state index is 13.3. The van der Waals surface area contributed by atoms with Crippen molar-refractivity contribution in [1.29, 1.82) is 0 Å². The molecule has 36 heavy (non-hydrogen) atoms. The number of quaternary nitrogens is 1. The lowest BCUT2D eigenvalue weighted by atomic mass is 9.75. The van der Waals surface area contributed by atoms with Gasteiger partial charge in [0.25, 0.3) is 11.8 Å². The molecule has 0 spiro atoms. The molecular formula is C28H40N5O3+. The Labute approximate surface area is 213 Å². The molecule has 3 atom stereocenters. The summed E-state index contributed by atoms with van der Waals surface area (Å²) in [5.74, 6) is -0.210. The predicted molar refractivity (Wildman–Crippen MR) is 140 cm³/mol. The number of nitrogens with zero attached hydrogens (tertiary/aromatic N) is 2. The zero-order valence-electron chi connectivity index (χ0n) is 22.4. The molecule has 1 aliphatic heterocycles. The van der Waals surface area contributed by atoms with Crippen LogP contribution in [0.3, 0.4) is 0 Å². The molecule has 8 heteroatoms. The minimum Gasteiger partial charge on any atom is -0.382 e. The molecule has 0 radical (unpaired) electrons. The zero-order chi connectivity index (χ0) is 26.5. The normalized spacial score (nSPS) is 22.4. The van der Waals surface area contributed by atoms with E-state index in [0.717, 1.165) is 34.6 Å². The number of Topliss-reactive ketones (excluding diaryl/α,β-unsaturated/α-hetero) is 1. The number of anilines is 1. The number of carbonyl (C=O) groups excluding carboxylic acids is 3. The Hall–Kier alpha value is -3.13. The number of ketones is 1. The number of fused-ring (bicyclic) bond motifs is 6. The van der Waals surface area contributed by atoms with Crippen molar-refractivity contribution in [3.05, 3.63) is 46.3 Å². The molecule has 1 aliphatic carbocycles. The van der Waals surface area contributed by atoms with E-state index in [2.05, 4.69) is 43.3 Å². The SMILES string of the molecule is Cc1c2c(n3c1CCN(C(=O)[C@H](C)[NH3+])C[C@@H](C)[C@H](C)Nc1cc-3ccc1C(N)=O)CC(C)(C)CC2=O. The molecule has 1 aromatic heterocycles. The van der Waals surface area contributed by atoms with Crippen LogP contribution in [-0.4, -0.2) is 52.2 Å². The van der Waals surface area contributed by atoms with Gasteiger partial charge in [-0.05, 0) is 62.3 Å². The number of nitrogens with one attached hydrogen (secondary N) is 1. The van der Waals surface area contributed by atoms with Gasteiger partial charge in [0.05, 0.1) is 5.56 Å². The van der Waals surface area contributed by atoms with Gasteiger partial charge >= 0.3 is 0 Å². The van der Waals surface area contributed by atoms with Gasteiger partial charge in [0, 0.05) is 60.3 Å². The van der Waals surface area contributed by atoms with E-state index in [1.807, 2.05) is 30.9 Å². The van der Waals surface area contributed by atoms with Crippen LogP contribution in [-0.2, 0) is 17.6 Å². The monoisotopic (exact) mass is 494 g/mol. The highest BCUT2D eigenvalue weighted by Crippen LogP contribution is 2.40. The van der Waals surface area contributed by atoms with Gasteiger partial charge in [0.15, 0.2) is 11.8 Å². The lowest BCUT2D eigenvalue weighted by Gasteiger charge is -2.32. The minimum absolute atomic E-state index is 0.0141. The first-order valence-electron chi connectivity index (χ1n) is 12.9. The molecule has 2 amide bonds. The zero-order valence-corrected chi connectivity index (χ0v) is 22.4. The fourth-order valence-electron chi connectivity index (χ4n) is 5.73. The molecule has 0 saturated heterocycles. The number of nitrogens with two attached hydrogens (primary N) is 1. The topological polar surface area (TPSA) is 125 Å². The van der Waals surface area contributed by atoms with E-state index in [1.54, 1.807) is 6.07 Å². The van der Waals surface area contributed by atoms with Crippen molar-refractivity contribution in [3.63, 3.8) is 0 Å². The van der Waals surface area contributed by atoms with Crippen molar-refractivity contribution < 1.29 is 20.1 Å². The summed E-state index contributed by atoms with van der Waals surface area (Å²) in [6, 6.07) is 5.27. The highest BCUT2D eigenvalue weighted by molar-refractivity contribution is 6.01. The van der Waals surface area contributed by atoms with E-state index < -0.39 is 5.91 Å². The number of aromatic nitrogens is 1. The van der Waals surface area contributed by atoms with E-state index in [0.29, 0.717) is 37.2 Å². The number of hydrogen-bond acceptors (Lipinski definition) is 4. The standard InChI is InChI=1S/C28H39N5O3/c1-15-14-32(27(36)17(3)29)10-9-22-16(2)25-23(12-28(5,6)13-24(25)34)33(22)19-7-8-20(26(30)35)21(11-19)31-18(15)4/h7-8,11,15,17-18,31H,9-10,12-14,29H2,1-6H3,(H2,30,35)/p+1/t15-,17+,18+/m1/s1. The van der Waals surface area contributed by atoms with Crippen LogP contribution in [0.5, 0.6) is 0 Å². The third-order valence-electron chi connectivity index (χ3n) is 7.82.